The molecule has 5 nitrogen and oxygen atoms in total. The lowest BCUT2D eigenvalue weighted by Crippen LogP contribution is -2.48. The van der Waals surface area contributed by atoms with Crippen LogP contribution in [-0.2, 0) is 9.59 Å². The van der Waals surface area contributed by atoms with Gasteiger partial charge in [0.2, 0.25) is 11.8 Å². The Kier molecular flexibility index (Phi) is 5.06. The van der Waals surface area contributed by atoms with Crippen molar-refractivity contribution in [3.8, 4) is 0 Å². The Balaban J connectivity index is 3.92. The maximum absolute atomic E-state index is 11.2. The highest BCUT2D eigenvalue weighted by molar-refractivity contribution is 5.88. The van der Waals surface area contributed by atoms with E-state index in [1.165, 1.54) is 6.92 Å². The predicted molar refractivity (Wildman–Crippen MR) is 49.7 cm³/mol. The van der Waals surface area contributed by atoms with Crippen molar-refractivity contribution in [2.45, 2.75) is 38.8 Å². The molecule has 5 N–H and O–H groups in total. The molecular weight excluding hydrogens is 170 g/mol. The van der Waals surface area contributed by atoms with E-state index in [2.05, 4.69) is 5.32 Å². The Hall–Kier alpha value is -1.10. The minimum atomic E-state index is -0.657. The molecule has 0 spiro atoms. The van der Waals surface area contributed by atoms with Gasteiger partial charge in [-0.05, 0) is 13.3 Å². The molecule has 5 heteroatoms. The van der Waals surface area contributed by atoms with E-state index in [-0.39, 0.29) is 5.91 Å². The van der Waals surface area contributed by atoms with Crippen LogP contribution in [0.1, 0.15) is 26.7 Å². The van der Waals surface area contributed by atoms with Crippen LogP contribution in [0.2, 0.25) is 0 Å². The summed E-state index contributed by atoms with van der Waals surface area (Å²) in [5.41, 5.74) is 10.5. The Morgan fingerprint density at radius 3 is 2.38 bits per heavy atom. The minimum Gasteiger partial charge on any atom is -0.368 e. The molecule has 0 aromatic heterocycles. The Labute approximate surface area is 77.8 Å². The van der Waals surface area contributed by atoms with E-state index >= 15 is 0 Å². The molecule has 0 aromatic rings. The molecule has 1 unspecified atom stereocenters. The van der Waals surface area contributed by atoms with E-state index in [0.717, 1.165) is 6.42 Å². The fraction of sp³-hybridized carbons (Fsp3) is 0.750. The number of primary amides is 1. The van der Waals surface area contributed by atoms with Crippen LogP contribution in [0.15, 0.2) is 0 Å². The molecule has 0 aliphatic carbocycles. The van der Waals surface area contributed by atoms with E-state index in [1.807, 2.05) is 6.92 Å². The standard InChI is InChI=1S/C8H17N3O2/c1-3-4-6(9)8(13)11-5(2)7(10)12/h5-6H,3-4,9H2,1-2H3,(H2,10,12)(H,11,13)/t5?,6-/m0/s1. The summed E-state index contributed by atoms with van der Waals surface area (Å²) >= 11 is 0. The topological polar surface area (TPSA) is 98.2 Å². The highest BCUT2D eigenvalue weighted by atomic mass is 16.2. The van der Waals surface area contributed by atoms with Gasteiger partial charge in [0.1, 0.15) is 6.04 Å². The highest BCUT2D eigenvalue weighted by Crippen LogP contribution is 1.93. The van der Waals surface area contributed by atoms with E-state index in [9.17, 15) is 9.59 Å². The zero-order chi connectivity index (χ0) is 10.4. The number of carbonyl (C=O) groups excluding carboxylic acids is 2. The van der Waals surface area contributed by atoms with Gasteiger partial charge in [0.25, 0.3) is 0 Å². The molecule has 76 valence electrons. The summed E-state index contributed by atoms with van der Waals surface area (Å²) in [6.45, 7) is 3.46. The monoisotopic (exact) mass is 187 g/mol. The first kappa shape index (κ1) is 11.9. The second kappa shape index (κ2) is 5.53. The molecule has 0 heterocycles. The van der Waals surface area contributed by atoms with Crippen LogP contribution >= 0.6 is 0 Å². The summed E-state index contributed by atoms with van der Waals surface area (Å²) in [5, 5.41) is 2.43. The van der Waals surface area contributed by atoms with Crippen LogP contribution in [0, 0.1) is 0 Å². The number of amides is 2. The molecule has 2 atom stereocenters. The van der Waals surface area contributed by atoms with Crippen molar-refractivity contribution in [1.82, 2.24) is 5.32 Å². The van der Waals surface area contributed by atoms with Gasteiger partial charge in [-0.15, -0.1) is 0 Å². The first-order valence-corrected chi connectivity index (χ1v) is 4.34. The first-order chi connectivity index (χ1) is 5.99. The summed E-state index contributed by atoms with van der Waals surface area (Å²) in [7, 11) is 0. The van der Waals surface area contributed by atoms with E-state index < -0.39 is 18.0 Å². The number of rotatable bonds is 5. The molecule has 13 heavy (non-hydrogen) atoms. The van der Waals surface area contributed by atoms with Gasteiger partial charge in [-0.25, -0.2) is 0 Å². The molecular formula is C8H17N3O2. The van der Waals surface area contributed by atoms with Gasteiger partial charge in [-0.2, -0.15) is 0 Å². The predicted octanol–water partition coefficient (Wildman–Crippen LogP) is -0.896. The van der Waals surface area contributed by atoms with Crippen molar-refractivity contribution in [3.05, 3.63) is 0 Å². The van der Waals surface area contributed by atoms with Crippen LogP contribution < -0.4 is 16.8 Å². The van der Waals surface area contributed by atoms with Gasteiger partial charge in [0, 0.05) is 0 Å². The third kappa shape index (κ3) is 4.47. The van der Waals surface area contributed by atoms with Gasteiger partial charge in [0.15, 0.2) is 0 Å². The first-order valence-electron chi connectivity index (χ1n) is 4.34. The molecule has 0 aliphatic rings. The Bertz CT molecular complexity index is 194. The summed E-state index contributed by atoms with van der Waals surface area (Å²) in [6.07, 6.45) is 1.44. The maximum atomic E-state index is 11.2. The highest BCUT2D eigenvalue weighted by Gasteiger charge is 2.16. The zero-order valence-corrected chi connectivity index (χ0v) is 8.04. The van der Waals surface area contributed by atoms with Crippen LogP contribution in [0.4, 0.5) is 0 Å². The number of carbonyl (C=O) groups is 2. The molecule has 0 aromatic carbocycles. The van der Waals surface area contributed by atoms with Crippen molar-refractivity contribution < 1.29 is 9.59 Å². The number of hydrogen-bond donors (Lipinski definition) is 3. The van der Waals surface area contributed by atoms with E-state index in [1.54, 1.807) is 0 Å². The van der Waals surface area contributed by atoms with Crippen molar-refractivity contribution in [2.24, 2.45) is 11.5 Å². The molecule has 0 saturated heterocycles. The fourth-order valence-electron chi connectivity index (χ4n) is 0.834. The summed E-state index contributed by atoms with van der Waals surface area (Å²) in [6, 6.07) is -1.21. The second-order valence-electron chi connectivity index (χ2n) is 3.03. The van der Waals surface area contributed by atoms with Gasteiger partial charge in [-0.1, -0.05) is 13.3 Å². The average Bonchev–Trinajstić information content (AvgIpc) is 2.04. The lowest BCUT2D eigenvalue weighted by Gasteiger charge is -2.14. The minimum absolute atomic E-state index is 0.326. The molecule has 0 fully saturated rings. The molecule has 0 radical (unpaired) electrons. The normalized spacial score (nSPS) is 14.7. The largest absolute Gasteiger partial charge is 0.368 e. The molecule has 0 aliphatic heterocycles. The van der Waals surface area contributed by atoms with Crippen molar-refractivity contribution in [1.29, 1.82) is 0 Å². The van der Waals surface area contributed by atoms with Crippen molar-refractivity contribution in [3.63, 3.8) is 0 Å². The third-order valence-electron chi connectivity index (χ3n) is 1.72. The van der Waals surface area contributed by atoms with Crippen LogP contribution in [-0.4, -0.2) is 23.9 Å². The van der Waals surface area contributed by atoms with Crippen molar-refractivity contribution in [2.75, 3.05) is 0 Å². The van der Waals surface area contributed by atoms with Gasteiger partial charge >= 0.3 is 0 Å². The third-order valence-corrected chi connectivity index (χ3v) is 1.72. The Morgan fingerprint density at radius 2 is 2.00 bits per heavy atom. The summed E-state index contributed by atoms with van der Waals surface area (Å²) < 4.78 is 0. The SMILES string of the molecule is CCC[C@H](N)C(=O)NC(C)C(N)=O. The van der Waals surface area contributed by atoms with Gasteiger partial charge in [-0.3, -0.25) is 9.59 Å². The summed E-state index contributed by atoms with van der Waals surface area (Å²) in [5.74, 6) is -0.884. The lowest BCUT2D eigenvalue weighted by molar-refractivity contribution is -0.127. The quantitative estimate of drug-likeness (QED) is 0.520. The number of hydrogen-bond acceptors (Lipinski definition) is 3. The zero-order valence-electron chi connectivity index (χ0n) is 8.04. The second-order valence-corrected chi connectivity index (χ2v) is 3.03. The van der Waals surface area contributed by atoms with E-state index in [0.29, 0.717) is 6.42 Å². The summed E-state index contributed by atoms with van der Waals surface area (Å²) in [4.78, 5) is 21.8. The van der Waals surface area contributed by atoms with Gasteiger partial charge < -0.3 is 16.8 Å². The van der Waals surface area contributed by atoms with Crippen LogP contribution in [0.3, 0.4) is 0 Å². The lowest BCUT2D eigenvalue weighted by atomic mass is 10.1. The number of nitrogens with two attached hydrogens (primary N) is 2. The van der Waals surface area contributed by atoms with Crippen molar-refractivity contribution >= 4 is 11.8 Å². The smallest absolute Gasteiger partial charge is 0.239 e. The van der Waals surface area contributed by atoms with Crippen LogP contribution in [0.25, 0.3) is 0 Å². The Morgan fingerprint density at radius 1 is 1.46 bits per heavy atom. The molecule has 0 bridgehead atoms. The average molecular weight is 187 g/mol. The molecule has 2 amide bonds. The molecule has 0 rings (SSSR count). The van der Waals surface area contributed by atoms with Gasteiger partial charge in [0.05, 0.1) is 6.04 Å². The fourth-order valence-corrected chi connectivity index (χ4v) is 0.834. The molecule has 0 saturated carbocycles. The number of nitrogens with one attached hydrogen (secondary N) is 1. The van der Waals surface area contributed by atoms with E-state index in [4.69, 9.17) is 11.5 Å². The van der Waals surface area contributed by atoms with Crippen LogP contribution in [0.5, 0.6) is 0 Å². The maximum Gasteiger partial charge on any atom is 0.239 e.